The van der Waals surface area contributed by atoms with E-state index in [1.807, 2.05) is 0 Å². The summed E-state index contributed by atoms with van der Waals surface area (Å²) in [6, 6.07) is 8.64. The number of hydrogen-bond donors (Lipinski definition) is 1. The molecular weight excluding hydrogens is 315 g/mol. The van der Waals surface area contributed by atoms with Crippen LogP contribution in [0.25, 0.3) is 0 Å². The molecule has 0 radical (unpaired) electrons. The van der Waals surface area contributed by atoms with Gasteiger partial charge in [-0.1, -0.05) is 18.2 Å². The summed E-state index contributed by atoms with van der Waals surface area (Å²) in [7, 11) is 0. The van der Waals surface area contributed by atoms with Gasteiger partial charge in [0.15, 0.2) is 0 Å². The molecule has 1 fully saturated rings. The van der Waals surface area contributed by atoms with Crippen LogP contribution in [0.5, 0.6) is 0 Å². The number of piperazine rings is 1. The van der Waals surface area contributed by atoms with Crippen molar-refractivity contribution in [2.75, 3.05) is 26.2 Å². The van der Waals surface area contributed by atoms with Gasteiger partial charge in [-0.2, -0.15) is 5.26 Å². The van der Waals surface area contributed by atoms with Crippen LogP contribution in [0, 0.1) is 21.4 Å². The lowest BCUT2D eigenvalue weighted by atomic mass is 10.00. The van der Waals surface area contributed by atoms with Crippen LogP contribution in [0.1, 0.15) is 18.0 Å². The molecule has 1 heterocycles. The van der Waals surface area contributed by atoms with E-state index in [-0.39, 0.29) is 47.9 Å². The van der Waals surface area contributed by atoms with Crippen LogP contribution in [-0.2, 0) is 0 Å². The van der Waals surface area contributed by atoms with Gasteiger partial charge in [0.1, 0.15) is 0 Å². The van der Waals surface area contributed by atoms with E-state index in [1.165, 1.54) is 6.07 Å². The minimum absolute atomic E-state index is 0. The third kappa shape index (κ3) is 4.83. The van der Waals surface area contributed by atoms with Crippen molar-refractivity contribution in [1.29, 1.82) is 5.26 Å². The second-order valence-corrected chi connectivity index (χ2v) is 4.48. The van der Waals surface area contributed by atoms with Gasteiger partial charge < -0.3 is 5.32 Å². The lowest BCUT2D eigenvalue weighted by molar-refractivity contribution is -0.386. The summed E-state index contributed by atoms with van der Waals surface area (Å²) in [5, 5.41) is 23.3. The van der Waals surface area contributed by atoms with Gasteiger partial charge in [0, 0.05) is 37.8 Å². The average molecular weight is 333 g/mol. The first kappa shape index (κ1) is 19.6. The van der Waals surface area contributed by atoms with Gasteiger partial charge in [0.2, 0.25) is 0 Å². The van der Waals surface area contributed by atoms with Crippen molar-refractivity contribution in [3.05, 3.63) is 39.9 Å². The lowest BCUT2D eigenvalue weighted by Gasteiger charge is -2.33. The van der Waals surface area contributed by atoms with Crippen molar-refractivity contribution in [2.45, 2.75) is 12.5 Å². The van der Waals surface area contributed by atoms with E-state index < -0.39 is 0 Å². The molecule has 0 aromatic heterocycles. The first-order valence-corrected chi connectivity index (χ1v) is 6.29. The number of nitriles is 1. The Morgan fingerprint density at radius 1 is 1.33 bits per heavy atom. The smallest absolute Gasteiger partial charge is 0.274 e. The van der Waals surface area contributed by atoms with E-state index in [2.05, 4.69) is 16.3 Å². The molecule has 116 valence electrons. The molecular formula is C13H18Cl2N4O2. The predicted molar refractivity (Wildman–Crippen MR) is 85.0 cm³/mol. The molecule has 1 aliphatic rings. The standard InChI is InChI=1S/C13H16N4O2.2ClH/c14-6-5-12(16-9-7-15-8-10-16)11-3-1-2-4-13(11)17(18)19;;/h1-4,12,15H,5,7-10H2;2*1H/t12-;;/m1../s1. The third-order valence-electron chi connectivity index (χ3n) is 3.37. The Kier molecular flexibility index (Phi) is 8.90. The summed E-state index contributed by atoms with van der Waals surface area (Å²) >= 11 is 0. The molecule has 21 heavy (non-hydrogen) atoms. The minimum Gasteiger partial charge on any atom is -0.314 e. The molecule has 0 amide bonds. The van der Waals surface area contributed by atoms with Gasteiger partial charge in [0.25, 0.3) is 5.69 Å². The molecule has 0 saturated carbocycles. The monoisotopic (exact) mass is 332 g/mol. The van der Waals surface area contributed by atoms with Crippen molar-refractivity contribution in [3.63, 3.8) is 0 Å². The van der Waals surface area contributed by atoms with Gasteiger partial charge in [-0.05, 0) is 0 Å². The molecule has 1 aromatic carbocycles. The molecule has 0 unspecified atom stereocenters. The van der Waals surface area contributed by atoms with Crippen LogP contribution in [-0.4, -0.2) is 36.0 Å². The molecule has 1 aromatic rings. The summed E-state index contributed by atoms with van der Waals surface area (Å²) in [6.45, 7) is 3.31. The maximum atomic E-state index is 11.1. The van der Waals surface area contributed by atoms with E-state index in [4.69, 9.17) is 5.26 Å². The van der Waals surface area contributed by atoms with Gasteiger partial charge in [-0.3, -0.25) is 15.0 Å². The molecule has 6 nitrogen and oxygen atoms in total. The zero-order valence-electron chi connectivity index (χ0n) is 11.4. The topological polar surface area (TPSA) is 82.2 Å². The maximum absolute atomic E-state index is 11.1. The molecule has 1 aliphatic heterocycles. The number of hydrogen-bond acceptors (Lipinski definition) is 5. The molecule has 8 heteroatoms. The van der Waals surface area contributed by atoms with E-state index >= 15 is 0 Å². The maximum Gasteiger partial charge on any atom is 0.274 e. The van der Waals surface area contributed by atoms with E-state index in [9.17, 15) is 10.1 Å². The lowest BCUT2D eigenvalue weighted by Crippen LogP contribution is -2.45. The number of rotatable bonds is 4. The summed E-state index contributed by atoms with van der Waals surface area (Å²) in [5.41, 5.74) is 0.734. The second kappa shape index (κ2) is 9.53. The molecule has 0 aliphatic carbocycles. The summed E-state index contributed by atoms with van der Waals surface area (Å²) in [4.78, 5) is 12.9. The SMILES string of the molecule is Cl.Cl.N#CC[C@H](c1ccccc1[N+](=O)[O-])N1CCNCC1. The predicted octanol–water partition coefficient (Wildman–Crippen LogP) is 2.30. The highest BCUT2D eigenvalue weighted by Crippen LogP contribution is 2.31. The third-order valence-corrected chi connectivity index (χ3v) is 3.37. The highest BCUT2D eigenvalue weighted by molar-refractivity contribution is 5.85. The highest BCUT2D eigenvalue weighted by atomic mass is 35.5. The quantitative estimate of drug-likeness (QED) is 0.675. The fraction of sp³-hybridized carbons (Fsp3) is 0.462. The summed E-state index contributed by atoms with van der Waals surface area (Å²) < 4.78 is 0. The summed E-state index contributed by atoms with van der Waals surface area (Å²) in [5.74, 6) is 0. The second-order valence-electron chi connectivity index (χ2n) is 4.48. The number of nitrogens with zero attached hydrogens (tertiary/aromatic N) is 3. The van der Waals surface area contributed by atoms with Gasteiger partial charge >= 0.3 is 0 Å². The van der Waals surface area contributed by atoms with Crippen LogP contribution in [0.15, 0.2) is 24.3 Å². The largest absolute Gasteiger partial charge is 0.314 e. The Labute approximate surface area is 136 Å². The number of halogens is 2. The number of nitro benzene ring substituents is 1. The van der Waals surface area contributed by atoms with Crippen molar-refractivity contribution in [3.8, 4) is 6.07 Å². The number of para-hydroxylation sites is 1. The molecule has 1 N–H and O–H groups in total. The van der Waals surface area contributed by atoms with Crippen LogP contribution < -0.4 is 5.32 Å². The van der Waals surface area contributed by atoms with E-state index in [0.29, 0.717) is 5.56 Å². The minimum atomic E-state index is -0.373. The van der Waals surface area contributed by atoms with Crippen molar-refractivity contribution < 1.29 is 4.92 Å². The molecule has 2 rings (SSSR count). The molecule has 1 atom stereocenters. The fourth-order valence-electron chi connectivity index (χ4n) is 2.45. The Morgan fingerprint density at radius 3 is 2.52 bits per heavy atom. The fourth-order valence-corrected chi connectivity index (χ4v) is 2.45. The number of benzene rings is 1. The van der Waals surface area contributed by atoms with E-state index in [1.54, 1.807) is 18.2 Å². The van der Waals surface area contributed by atoms with Crippen molar-refractivity contribution in [1.82, 2.24) is 10.2 Å². The first-order valence-electron chi connectivity index (χ1n) is 6.29. The van der Waals surface area contributed by atoms with Gasteiger partial charge in [0.05, 0.1) is 23.5 Å². The zero-order chi connectivity index (χ0) is 13.7. The van der Waals surface area contributed by atoms with Crippen LogP contribution in [0.2, 0.25) is 0 Å². The Bertz CT molecular complexity index is 501. The number of nitrogens with one attached hydrogen (secondary N) is 1. The zero-order valence-corrected chi connectivity index (χ0v) is 13.0. The van der Waals surface area contributed by atoms with Crippen LogP contribution in [0.3, 0.4) is 0 Å². The Balaban J connectivity index is 0.00000200. The first-order chi connectivity index (χ1) is 9.24. The summed E-state index contributed by atoms with van der Waals surface area (Å²) in [6.07, 6.45) is 0.269. The van der Waals surface area contributed by atoms with Crippen molar-refractivity contribution >= 4 is 30.5 Å². The van der Waals surface area contributed by atoms with Crippen molar-refractivity contribution in [2.24, 2.45) is 0 Å². The molecule has 0 bridgehead atoms. The number of nitro groups is 1. The Hall–Kier alpha value is -1.39. The highest BCUT2D eigenvalue weighted by Gasteiger charge is 2.27. The average Bonchev–Trinajstić information content (AvgIpc) is 2.45. The molecule has 1 saturated heterocycles. The Morgan fingerprint density at radius 2 is 1.95 bits per heavy atom. The van der Waals surface area contributed by atoms with E-state index in [0.717, 1.165) is 26.2 Å². The van der Waals surface area contributed by atoms with Crippen LogP contribution in [0.4, 0.5) is 5.69 Å². The normalized spacial score (nSPS) is 16.0. The molecule has 0 spiro atoms. The van der Waals surface area contributed by atoms with Gasteiger partial charge in [-0.25, -0.2) is 0 Å². The van der Waals surface area contributed by atoms with Gasteiger partial charge in [-0.15, -0.1) is 24.8 Å². The van der Waals surface area contributed by atoms with Crippen LogP contribution >= 0.6 is 24.8 Å².